The molecule has 0 heterocycles. The van der Waals surface area contributed by atoms with Crippen LogP contribution >= 0.6 is 11.6 Å². The SMILES string of the molecule is CN=C/C(C(=O)Nc1ccc(Cl)cc1)=C(\C)O. The number of aliphatic imine (C=N–C) groups is 1. The second-order valence-electron chi connectivity index (χ2n) is 3.35. The van der Waals surface area contributed by atoms with Gasteiger partial charge in [0, 0.05) is 24.0 Å². The molecule has 0 spiro atoms. The second-order valence-corrected chi connectivity index (χ2v) is 3.78. The van der Waals surface area contributed by atoms with Crippen LogP contribution < -0.4 is 5.32 Å². The minimum absolute atomic E-state index is 0.0814. The Labute approximate surface area is 105 Å². The number of allylic oxidation sites excluding steroid dienone is 1. The van der Waals surface area contributed by atoms with Crippen molar-refractivity contribution in [1.82, 2.24) is 0 Å². The first kappa shape index (κ1) is 13.3. The van der Waals surface area contributed by atoms with Crippen molar-refractivity contribution in [2.24, 2.45) is 4.99 Å². The molecular weight excluding hydrogens is 240 g/mol. The average molecular weight is 253 g/mol. The van der Waals surface area contributed by atoms with Gasteiger partial charge in [-0.3, -0.25) is 9.79 Å². The zero-order valence-electron chi connectivity index (χ0n) is 9.57. The van der Waals surface area contributed by atoms with E-state index in [1.807, 2.05) is 0 Å². The largest absolute Gasteiger partial charge is 0.512 e. The number of carbonyl (C=O) groups is 1. The van der Waals surface area contributed by atoms with E-state index in [0.29, 0.717) is 10.7 Å². The van der Waals surface area contributed by atoms with Gasteiger partial charge in [-0.25, -0.2) is 0 Å². The van der Waals surface area contributed by atoms with Crippen molar-refractivity contribution in [3.63, 3.8) is 0 Å². The summed E-state index contributed by atoms with van der Waals surface area (Å²) in [5.41, 5.74) is 0.727. The van der Waals surface area contributed by atoms with Crippen LogP contribution in [0.1, 0.15) is 6.92 Å². The quantitative estimate of drug-likeness (QED) is 0.494. The molecule has 0 bridgehead atoms. The first-order valence-corrected chi connectivity index (χ1v) is 5.31. The summed E-state index contributed by atoms with van der Waals surface area (Å²) < 4.78 is 0. The number of nitrogens with zero attached hydrogens (tertiary/aromatic N) is 1. The summed E-state index contributed by atoms with van der Waals surface area (Å²) in [5.74, 6) is -0.500. The van der Waals surface area contributed by atoms with Crippen LogP contribution in [0, 0.1) is 0 Å². The molecule has 17 heavy (non-hydrogen) atoms. The highest BCUT2D eigenvalue weighted by Crippen LogP contribution is 2.14. The lowest BCUT2D eigenvalue weighted by molar-refractivity contribution is -0.112. The Morgan fingerprint density at radius 2 is 2.00 bits per heavy atom. The van der Waals surface area contributed by atoms with Gasteiger partial charge < -0.3 is 10.4 Å². The Morgan fingerprint density at radius 3 is 2.47 bits per heavy atom. The lowest BCUT2D eigenvalue weighted by Crippen LogP contribution is -2.16. The highest BCUT2D eigenvalue weighted by molar-refractivity contribution is 6.30. The van der Waals surface area contributed by atoms with Crippen molar-refractivity contribution in [2.75, 3.05) is 12.4 Å². The van der Waals surface area contributed by atoms with Gasteiger partial charge in [0.15, 0.2) is 0 Å². The number of hydrogen-bond acceptors (Lipinski definition) is 3. The Bertz CT molecular complexity index is 460. The van der Waals surface area contributed by atoms with Gasteiger partial charge in [-0.05, 0) is 31.2 Å². The molecule has 1 rings (SSSR count). The molecule has 4 nitrogen and oxygen atoms in total. The molecule has 5 heteroatoms. The summed E-state index contributed by atoms with van der Waals surface area (Å²) >= 11 is 5.73. The van der Waals surface area contributed by atoms with Gasteiger partial charge in [0.05, 0.1) is 5.57 Å². The number of rotatable bonds is 3. The maximum absolute atomic E-state index is 11.8. The number of anilines is 1. The van der Waals surface area contributed by atoms with E-state index in [4.69, 9.17) is 11.6 Å². The molecule has 0 aliphatic heterocycles. The summed E-state index contributed by atoms with van der Waals surface area (Å²) in [5, 5.41) is 12.6. The molecule has 0 aliphatic rings. The topological polar surface area (TPSA) is 61.7 Å². The third kappa shape index (κ3) is 3.92. The molecule has 1 aromatic rings. The first-order chi connectivity index (χ1) is 8.04. The molecule has 0 radical (unpaired) electrons. The Morgan fingerprint density at radius 1 is 1.41 bits per heavy atom. The Hall–Kier alpha value is -1.81. The fraction of sp³-hybridized carbons (Fsp3) is 0.167. The minimum atomic E-state index is -0.419. The number of halogens is 1. The summed E-state index contributed by atoms with van der Waals surface area (Å²) in [7, 11) is 1.53. The standard InChI is InChI=1S/C12H13ClN2O2/c1-8(16)11(7-14-2)12(17)15-10-5-3-9(13)4-6-10/h3-7,16H,1-2H3,(H,15,17)/b11-8-,14-7?. The van der Waals surface area contributed by atoms with Crippen LogP contribution in [0.25, 0.3) is 0 Å². The number of hydrogen-bond donors (Lipinski definition) is 2. The summed E-state index contributed by atoms with van der Waals surface area (Å²) in [6, 6.07) is 6.68. The molecule has 0 unspecified atom stereocenters. The van der Waals surface area contributed by atoms with E-state index in [0.717, 1.165) is 0 Å². The first-order valence-electron chi connectivity index (χ1n) is 4.93. The second kappa shape index (κ2) is 6.06. The molecule has 90 valence electrons. The molecule has 1 aromatic carbocycles. The zero-order chi connectivity index (χ0) is 12.8. The van der Waals surface area contributed by atoms with Gasteiger partial charge in [0.25, 0.3) is 5.91 Å². The van der Waals surface area contributed by atoms with Crippen LogP contribution in [0.4, 0.5) is 5.69 Å². The van der Waals surface area contributed by atoms with E-state index in [1.165, 1.54) is 20.2 Å². The van der Waals surface area contributed by atoms with Crippen molar-refractivity contribution in [3.8, 4) is 0 Å². The number of aliphatic hydroxyl groups excluding tert-OH is 1. The molecule has 0 aliphatic carbocycles. The van der Waals surface area contributed by atoms with Gasteiger partial charge in [-0.2, -0.15) is 0 Å². The number of nitrogens with one attached hydrogen (secondary N) is 1. The maximum atomic E-state index is 11.8. The molecule has 0 fully saturated rings. The van der Waals surface area contributed by atoms with Crippen LogP contribution in [-0.4, -0.2) is 24.3 Å². The lowest BCUT2D eigenvalue weighted by Gasteiger charge is -2.06. The van der Waals surface area contributed by atoms with E-state index in [9.17, 15) is 9.90 Å². The molecule has 0 saturated carbocycles. The van der Waals surface area contributed by atoms with Crippen molar-refractivity contribution >= 4 is 29.4 Å². The molecule has 0 saturated heterocycles. The number of benzene rings is 1. The van der Waals surface area contributed by atoms with E-state index in [2.05, 4.69) is 10.3 Å². The smallest absolute Gasteiger partial charge is 0.260 e. The van der Waals surface area contributed by atoms with Crippen LogP contribution in [0.5, 0.6) is 0 Å². The van der Waals surface area contributed by atoms with Crippen molar-refractivity contribution < 1.29 is 9.90 Å². The van der Waals surface area contributed by atoms with Crippen molar-refractivity contribution in [1.29, 1.82) is 0 Å². The fourth-order valence-corrected chi connectivity index (χ4v) is 1.30. The third-order valence-corrected chi connectivity index (χ3v) is 2.25. The summed E-state index contributed by atoms with van der Waals surface area (Å²) in [6.45, 7) is 1.43. The predicted octanol–water partition coefficient (Wildman–Crippen LogP) is 2.81. The zero-order valence-corrected chi connectivity index (χ0v) is 10.3. The van der Waals surface area contributed by atoms with E-state index in [-0.39, 0.29) is 11.3 Å². The van der Waals surface area contributed by atoms with Crippen LogP contribution in [-0.2, 0) is 4.79 Å². The van der Waals surface area contributed by atoms with Gasteiger partial charge in [0.1, 0.15) is 5.76 Å². The van der Waals surface area contributed by atoms with Gasteiger partial charge in [-0.1, -0.05) is 11.6 Å². The third-order valence-electron chi connectivity index (χ3n) is 1.99. The predicted molar refractivity (Wildman–Crippen MR) is 69.8 cm³/mol. The van der Waals surface area contributed by atoms with E-state index >= 15 is 0 Å². The molecule has 0 atom stereocenters. The molecular formula is C12H13ClN2O2. The van der Waals surface area contributed by atoms with E-state index in [1.54, 1.807) is 24.3 Å². The highest BCUT2D eigenvalue weighted by Gasteiger charge is 2.10. The normalized spacial score (nSPS) is 12.4. The number of amides is 1. The van der Waals surface area contributed by atoms with E-state index < -0.39 is 5.91 Å². The van der Waals surface area contributed by atoms with Gasteiger partial charge >= 0.3 is 0 Å². The Balaban J connectivity index is 2.85. The Kier molecular flexibility index (Phi) is 4.72. The monoisotopic (exact) mass is 252 g/mol. The number of carbonyl (C=O) groups excluding carboxylic acids is 1. The maximum Gasteiger partial charge on any atom is 0.260 e. The van der Waals surface area contributed by atoms with Gasteiger partial charge in [0.2, 0.25) is 0 Å². The molecule has 2 N–H and O–H groups in total. The molecule has 0 aromatic heterocycles. The number of aliphatic hydroxyl groups is 1. The summed E-state index contributed by atoms with van der Waals surface area (Å²) in [4.78, 5) is 15.5. The van der Waals surface area contributed by atoms with Crippen LogP contribution in [0.3, 0.4) is 0 Å². The minimum Gasteiger partial charge on any atom is -0.512 e. The fourth-order valence-electron chi connectivity index (χ4n) is 1.18. The van der Waals surface area contributed by atoms with Crippen molar-refractivity contribution in [3.05, 3.63) is 40.6 Å². The van der Waals surface area contributed by atoms with Crippen LogP contribution in [0.15, 0.2) is 40.6 Å². The highest BCUT2D eigenvalue weighted by atomic mass is 35.5. The molecule has 1 amide bonds. The van der Waals surface area contributed by atoms with Crippen LogP contribution in [0.2, 0.25) is 5.02 Å². The average Bonchev–Trinajstić information content (AvgIpc) is 2.28. The van der Waals surface area contributed by atoms with Gasteiger partial charge in [-0.15, -0.1) is 0 Å². The summed E-state index contributed by atoms with van der Waals surface area (Å²) in [6.07, 6.45) is 1.31. The van der Waals surface area contributed by atoms with Crippen molar-refractivity contribution in [2.45, 2.75) is 6.92 Å². The lowest BCUT2D eigenvalue weighted by atomic mass is 10.2.